The number of hydrogen-bond donors (Lipinski definition) is 1. The molecule has 0 radical (unpaired) electrons. The molecule has 2 heterocycles. The summed E-state index contributed by atoms with van der Waals surface area (Å²) in [5.41, 5.74) is -0.0148. The number of hydrogen-bond acceptors (Lipinski definition) is 9. The minimum Gasteiger partial charge on any atom is -0.461 e. The van der Waals surface area contributed by atoms with E-state index in [1.165, 1.54) is 13.0 Å². The van der Waals surface area contributed by atoms with Gasteiger partial charge in [0.15, 0.2) is 11.9 Å². The molecule has 9 nitrogen and oxygen atoms in total. The summed E-state index contributed by atoms with van der Waals surface area (Å²) in [6.07, 6.45) is -2.66. The maximum atomic E-state index is 12.9. The van der Waals surface area contributed by atoms with Gasteiger partial charge in [0, 0.05) is 18.1 Å². The minimum atomic E-state index is -1.36. The zero-order chi connectivity index (χ0) is 22.8. The van der Waals surface area contributed by atoms with Crippen molar-refractivity contribution in [1.29, 1.82) is 0 Å². The molecule has 0 amide bonds. The van der Waals surface area contributed by atoms with E-state index in [1.54, 1.807) is 20.8 Å². The van der Waals surface area contributed by atoms with Crippen LogP contribution in [0.1, 0.15) is 27.7 Å². The lowest BCUT2D eigenvalue weighted by Gasteiger charge is -2.31. The second-order valence-electron chi connectivity index (χ2n) is 8.45. The highest BCUT2D eigenvalue weighted by Gasteiger charge is 2.75. The molecule has 0 aromatic rings. The lowest BCUT2D eigenvalue weighted by molar-refractivity contribution is -0.156. The van der Waals surface area contributed by atoms with Gasteiger partial charge in [-0.05, 0) is 26.3 Å². The second kappa shape index (κ2) is 7.13. The first-order valence-corrected chi connectivity index (χ1v) is 10.0. The number of aliphatic hydroxyl groups excluding tert-OH is 1. The maximum Gasteiger partial charge on any atom is 0.337 e. The van der Waals surface area contributed by atoms with Crippen molar-refractivity contribution in [2.75, 3.05) is 6.61 Å². The molecule has 3 fully saturated rings. The van der Waals surface area contributed by atoms with E-state index in [1.807, 2.05) is 0 Å². The number of epoxide rings is 1. The zero-order valence-electron chi connectivity index (χ0n) is 17.7. The van der Waals surface area contributed by atoms with Crippen LogP contribution < -0.4 is 0 Å². The van der Waals surface area contributed by atoms with Crippen molar-refractivity contribution in [3.05, 3.63) is 34.9 Å². The molecule has 9 heteroatoms. The summed E-state index contributed by atoms with van der Waals surface area (Å²) < 4.78 is 21.7. The van der Waals surface area contributed by atoms with E-state index in [4.69, 9.17) is 18.9 Å². The van der Waals surface area contributed by atoms with Gasteiger partial charge in [-0.25, -0.2) is 9.59 Å². The van der Waals surface area contributed by atoms with Gasteiger partial charge in [-0.1, -0.05) is 12.7 Å². The van der Waals surface area contributed by atoms with E-state index < -0.39 is 59.8 Å². The van der Waals surface area contributed by atoms with Crippen LogP contribution in [-0.2, 0) is 38.1 Å². The summed E-state index contributed by atoms with van der Waals surface area (Å²) in [6, 6.07) is 0. The summed E-state index contributed by atoms with van der Waals surface area (Å²) >= 11 is 0. The smallest absolute Gasteiger partial charge is 0.337 e. The molecular formula is C22H24O9. The molecule has 4 aliphatic rings. The summed E-state index contributed by atoms with van der Waals surface area (Å²) in [6.45, 7) is 9.65. The number of aliphatic hydroxyl groups is 1. The Bertz CT molecular complexity index is 973. The number of carbonyl (C=O) groups excluding carboxylic acids is 4. The predicted molar refractivity (Wildman–Crippen MR) is 103 cm³/mol. The summed E-state index contributed by atoms with van der Waals surface area (Å²) in [5.74, 6) is -3.78. The molecule has 2 aliphatic carbocycles. The quantitative estimate of drug-likeness (QED) is 0.293. The van der Waals surface area contributed by atoms with Crippen molar-refractivity contribution < 1.29 is 43.2 Å². The molecule has 1 saturated carbocycles. The van der Waals surface area contributed by atoms with Crippen LogP contribution in [0.4, 0.5) is 0 Å². The van der Waals surface area contributed by atoms with Crippen molar-refractivity contribution in [3.63, 3.8) is 0 Å². The van der Waals surface area contributed by atoms with Gasteiger partial charge in [0.2, 0.25) is 0 Å². The van der Waals surface area contributed by atoms with Gasteiger partial charge in [-0.3, -0.25) is 9.59 Å². The Balaban J connectivity index is 1.71. The van der Waals surface area contributed by atoms with Gasteiger partial charge in [0.25, 0.3) is 0 Å². The molecule has 2 aliphatic heterocycles. The Kier molecular flexibility index (Phi) is 4.94. The first-order valence-electron chi connectivity index (χ1n) is 10.0. The van der Waals surface area contributed by atoms with E-state index in [2.05, 4.69) is 6.58 Å². The predicted octanol–water partition coefficient (Wildman–Crippen LogP) is 0.553. The molecule has 0 aromatic heterocycles. The molecule has 1 N–H and O–H groups in total. The van der Waals surface area contributed by atoms with Crippen molar-refractivity contribution in [3.8, 4) is 0 Å². The number of allylic oxidation sites excluding steroid dienone is 1. The SMILES string of the molecule is C=C1C(=O)O[C@@H]2C3C(=C(C)[C@@H](O)[C@@H](OC(=O)/C(=C/C)COC(C)=O)[C@@H]12)C(=O)[C@H]1O[C@@]31C. The highest BCUT2D eigenvalue weighted by Crippen LogP contribution is 2.60. The normalized spacial score (nSPS) is 38.7. The highest BCUT2D eigenvalue weighted by atomic mass is 16.6. The summed E-state index contributed by atoms with van der Waals surface area (Å²) in [5, 5.41) is 11.1. The lowest BCUT2D eigenvalue weighted by Crippen LogP contribution is -2.44. The fraction of sp³-hybridized carbons (Fsp3) is 0.545. The largest absolute Gasteiger partial charge is 0.461 e. The molecule has 166 valence electrons. The Hall–Kier alpha value is -2.78. The monoisotopic (exact) mass is 432 g/mol. The van der Waals surface area contributed by atoms with Crippen LogP contribution in [0.2, 0.25) is 0 Å². The van der Waals surface area contributed by atoms with E-state index in [0.717, 1.165) is 0 Å². The lowest BCUT2D eigenvalue weighted by atomic mass is 9.79. The summed E-state index contributed by atoms with van der Waals surface area (Å²) in [4.78, 5) is 49.1. The molecular weight excluding hydrogens is 408 g/mol. The number of fused-ring (bicyclic) bond motifs is 5. The molecule has 0 aromatic carbocycles. The first kappa shape index (κ1) is 21.5. The number of esters is 3. The minimum absolute atomic E-state index is 0.0538. The second-order valence-corrected chi connectivity index (χ2v) is 8.45. The molecule has 4 rings (SSSR count). The number of carbonyl (C=O) groups is 4. The summed E-state index contributed by atoms with van der Waals surface area (Å²) in [7, 11) is 0. The van der Waals surface area contributed by atoms with Crippen LogP contribution in [0, 0.1) is 11.8 Å². The van der Waals surface area contributed by atoms with Crippen LogP contribution in [0.5, 0.6) is 0 Å². The maximum absolute atomic E-state index is 12.9. The molecule has 7 atom stereocenters. The molecule has 1 unspecified atom stereocenters. The highest BCUT2D eigenvalue weighted by molar-refractivity contribution is 6.07. The molecule has 0 spiro atoms. The number of ether oxygens (including phenoxy) is 4. The molecule has 0 bridgehead atoms. The molecule has 31 heavy (non-hydrogen) atoms. The van der Waals surface area contributed by atoms with Crippen LogP contribution in [0.15, 0.2) is 34.9 Å². The van der Waals surface area contributed by atoms with Gasteiger partial charge in [-0.15, -0.1) is 0 Å². The first-order chi connectivity index (χ1) is 14.5. The Labute approximate surface area is 178 Å². The van der Waals surface area contributed by atoms with Gasteiger partial charge in [0.05, 0.1) is 17.4 Å². The number of rotatable bonds is 4. The van der Waals surface area contributed by atoms with E-state index in [-0.39, 0.29) is 23.5 Å². The van der Waals surface area contributed by atoms with Gasteiger partial charge in [0.1, 0.15) is 30.5 Å². The van der Waals surface area contributed by atoms with Crippen molar-refractivity contribution >= 4 is 23.7 Å². The van der Waals surface area contributed by atoms with Crippen molar-refractivity contribution in [2.45, 2.75) is 57.7 Å². The average molecular weight is 432 g/mol. The number of Topliss-reactive ketones (excluding diaryl/α,β-unsaturated/α-hetero) is 1. The third kappa shape index (κ3) is 3.06. The van der Waals surface area contributed by atoms with Crippen LogP contribution in [0.25, 0.3) is 0 Å². The van der Waals surface area contributed by atoms with E-state index in [0.29, 0.717) is 11.1 Å². The van der Waals surface area contributed by atoms with E-state index >= 15 is 0 Å². The average Bonchev–Trinajstić information content (AvgIpc) is 3.26. The topological polar surface area (TPSA) is 129 Å². The Morgan fingerprint density at radius 1 is 1.32 bits per heavy atom. The van der Waals surface area contributed by atoms with E-state index in [9.17, 15) is 24.3 Å². The van der Waals surface area contributed by atoms with Gasteiger partial charge >= 0.3 is 17.9 Å². The van der Waals surface area contributed by atoms with Crippen LogP contribution >= 0.6 is 0 Å². The molecule has 2 saturated heterocycles. The standard InChI is InChI=1S/C22H24O9/c1-6-11(7-28-10(4)23)21(27)30-18-13-9(3)20(26)29-17(13)14-12(8(2)15(18)24)16(25)19-22(14,5)31-19/h6,13-15,17-19,24H,3,7H2,1-2,4-5H3/b11-6+/t13-,14?,15+,17-,18-,19+,22-/m0/s1. The third-order valence-corrected chi connectivity index (χ3v) is 6.68. The van der Waals surface area contributed by atoms with Gasteiger partial charge < -0.3 is 24.1 Å². The van der Waals surface area contributed by atoms with Crippen LogP contribution in [-0.4, -0.2) is 65.4 Å². The fourth-order valence-electron chi connectivity index (χ4n) is 4.93. The van der Waals surface area contributed by atoms with Crippen molar-refractivity contribution in [2.24, 2.45) is 11.8 Å². The number of ketones is 1. The fourth-order valence-corrected chi connectivity index (χ4v) is 4.93. The zero-order valence-corrected chi connectivity index (χ0v) is 17.7. The Morgan fingerprint density at radius 2 is 2.00 bits per heavy atom. The van der Waals surface area contributed by atoms with Gasteiger partial charge in [-0.2, -0.15) is 0 Å². The van der Waals surface area contributed by atoms with Crippen molar-refractivity contribution in [1.82, 2.24) is 0 Å². The Morgan fingerprint density at radius 3 is 2.61 bits per heavy atom. The third-order valence-electron chi connectivity index (χ3n) is 6.68. The van der Waals surface area contributed by atoms with Crippen LogP contribution in [0.3, 0.4) is 0 Å².